The van der Waals surface area contributed by atoms with Crippen LogP contribution in [0.25, 0.3) is 11.5 Å². The molecule has 7 nitrogen and oxygen atoms in total. The van der Waals surface area contributed by atoms with E-state index in [4.69, 9.17) is 0 Å². The van der Waals surface area contributed by atoms with Crippen LogP contribution >= 0.6 is 0 Å². The first-order valence-corrected chi connectivity index (χ1v) is 13.5. The van der Waals surface area contributed by atoms with E-state index in [2.05, 4.69) is 0 Å². The summed E-state index contributed by atoms with van der Waals surface area (Å²) in [7, 11) is 0. The highest BCUT2D eigenvalue weighted by Gasteiger charge is 2.71. The molecule has 1 unspecified atom stereocenters. The Balaban J connectivity index is 1.64. The largest absolute Gasteiger partial charge is 0.507 e. The second-order valence-electron chi connectivity index (χ2n) is 10.6. The topological polar surface area (TPSA) is 95.0 Å². The molecule has 1 N–H and O–H groups in total. The van der Waals surface area contributed by atoms with E-state index in [9.17, 15) is 19.5 Å². The summed E-state index contributed by atoms with van der Waals surface area (Å²) in [6.45, 7) is 3.67. The Bertz CT molecular complexity index is 1940. The Morgan fingerprint density at radius 2 is 1.29 bits per heavy atom. The summed E-state index contributed by atoms with van der Waals surface area (Å²) in [4.78, 5) is 60.1. The monoisotopic (exact) mass is 552 g/mol. The molecule has 7 rings (SSSR count). The number of carbonyl (C=O) groups excluding carboxylic acids is 4. The fourth-order valence-corrected chi connectivity index (χ4v) is 6.48. The molecule has 0 saturated carbocycles. The van der Waals surface area contributed by atoms with Crippen molar-refractivity contribution in [1.82, 2.24) is 0 Å². The van der Waals surface area contributed by atoms with Crippen LogP contribution in [0.15, 0.2) is 114 Å². The molecule has 42 heavy (non-hydrogen) atoms. The van der Waals surface area contributed by atoms with Gasteiger partial charge in [-0.05, 0) is 43.7 Å². The van der Waals surface area contributed by atoms with E-state index in [-0.39, 0.29) is 11.3 Å². The zero-order chi connectivity index (χ0) is 29.3. The predicted molar refractivity (Wildman–Crippen MR) is 159 cm³/mol. The maximum atomic E-state index is 15.1. The molecular formula is C35H24N2O5. The summed E-state index contributed by atoms with van der Waals surface area (Å²) in [6, 6.07) is 29.3. The normalized spacial score (nSPS) is 20.6. The number of aliphatic hydroxyl groups is 1. The number of carbonyl (C=O) groups is 4. The Labute approximate surface area is 241 Å². The van der Waals surface area contributed by atoms with E-state index in [1.165, 1.54) is 4.90 Å². The highest BCUT2D eigenvalue weighted by atomic mass is 16.3. The number of para-hydroxylation sites is 2. The number of hydrogen-bond acceptors (Lipinski definition) is 5. The molecule has 1 fully saturated rings. The molecule has 2 aliphatic heterocycles. The molecule has 3 aliphatic rings. The van der Waals surface area contributed by atoms with Crippen molar-refractivity contribution in [2.45, 2.75) is 19.4 Å². The van der Waals surface area contributed by atoms with Crippen LogP contribution in [0.2, 0.25) is 0 Å². The van der Waals surface area contributed by atoms with Gasteiger partial charge < -0.3 is 5.11 Å². The van der Waals surface area contributed by atoms with Crippen LogP contribution in [0.3, 0.4) is 0 Å². The van der Waals surface area contributed by atoms with E-state index in [0.717, 1.165) is 10.5 Å². The number of ketones is 2. The lowest BCUT2D eigenvalue weighted by atomic mass is 9.79. The Kier molecular flexibility index (Phi) is 5.43. The number of aryl methyl sites for hydroxylation is 2. The van der Waals surface area contributed by atoms with Crippen molar-refractivity contribution >= 4 is 46.2 Å². The zero-order valence-electron chi connectivity index (χ0n) is 22.8. The second-order valence-corrected chi connectivity index (χ2v) is 10.6. The zero-order valence-corrected chi connectivity index (χ0v) is 22.8. The first kappa shape index (κ1) is 25.4. The van der Waals surface area contributed by atoms with Crippen LogP contribution < -0.4 is 9.80 Å². The number of benzene rings is 4. The molecule has 1 spiro atoms. The van der Waals surface area contributed by atoms with Gasteiger partial charge in [-0.15, -0.1) is 0 Å². The van der Waals surface area contributed by atoms with Crippen LogP contribution in [-0.2, 0) is 14.4 Å². The lowest BCUT2D eigenvalue weighted by Gasteiger charge is -2.36. The number of amides is 2. The van der Waals surface area contributed by atoms with E-state index >= 15 is 4.79 Å². The van der Waals surface area contributed by atoms with E-state index < -0.39 is 40.3 Å². The average Bonchev–Trinajstić information content (AvgIpc) is 3.53. The number of Topliss-reactive ketones (excluding diaryl/α,β-unsaturated/α-hetero) is 2. The lowest BCUT2D eigenvalue weighted by Crippen LogP contribution is -2.57. The Morgan fingerprint density at radius 3 is 1.93 bits per heavy atom. The highest BCUT2D eigenvalue weighted by Crippen LogP contribution is 2.57. The van der Waals surface area contributed by atoms with E-state index in [0.29, 0.717) is 33.6 Å². The van der Waals surface area contributed by atoms with Crippen LogP contribution in [0.1, 0.15) is 32.6 Å². The number of anilines is 2. The van der Waals surface area contributed by atoms with Crippen molar-refractivity contribution < 1.29 is 24.3 Å². The lowest BCUT2D eigenvalue weighted by molar-refractivity contribution is -0.132. The minimum absolute atomic E-state index is 0.0353. The van der Waals surface area contributed by atoms with Crippen molar-refractivity contribution in [1.29, 1.82) is 0 Å². The summed E-state index contributed by atoms with van der Waals surface area (Å²) in [5, 5.41) is 11.9. The average molecular weight is 553 g/mol. The van der Waals surface area contributed by atoms with Crippen LogP contribution in [0.5, 0.6) is 0 Å². The third kappa shape index (κ3) is 3.16. The second kappa shape index (κ2) is 8.97. The van der Waals surface area contributed by atoms with Gasteiger partial charge in [-0.25, -0.2) is 0 Å². The Hall–Kier alpha value is -5.56. The van der Waals surface area contributed by atoms with Gasteiger partial charge >= 0.3 is 5.91 Å². The summed E-state index contributed by atoms with van der Waals surface area (Å²) < 4.78 is 0. The van der Waals surface area contributed by atoms with Gasteiger partial charge in [0, 0.05) is 28.1 Å². The van der Waals surface area contributed by atoms with Gasteiger partial charge in [0.2, 0.25) is 0 Å². The number of fused-ring (bicyclic) bond motifs is 3. The molecule has 4 aromatic rings. The maximum absolute atomic E-state index is 15.1. The van der Waals surface area contributed by atoms with Gasteiger partial charge in [-0.1, -0.05) is 84.4 Å². The molecule has 1 saturated heterocycles. The fraction of sp³-hybridized carbons (Fsp3) is 0.0857. The molecule has 2 heterocycles. The summed E-state index contributed by atoms with van der Waals surface area (Å²) in [6.07, 6.45) is 0. The van der Waals surface area contributed by atoms with Gasteiger partial charge in [0.25, 0.3) is 11.7 Å². The fourth-order valence-electron chi connectivity index (χ4n) is 6.48. The smallest absolute Gasteiger partial charge is 0.300 e. The van der Waals surface area contributed by atoms with E-state index in [1.54, 1.807) is 104 Å². The van der Waals surface area contributed by atoms with Gasteiger partial charge in [0.1, 0.15) is 5.76 Å². The molecule has 0 bridgehead atoms. The van der Waals surface area contributed by atoms with Crippen LogP contribution in [0, 0.1) is 13.8 Å². The molecule has 0 radical (unpaired) electrons. The molecule has 4 aromatic carbocycles. The number of nitrogens with zero attached hydrogens (tertiary/aromatic N) is 2. The summed E-state index contributed by atoms with van der Waals surface area (Å²) >= 11 is 0. The molecular weight excluding hydrogens is 528 g/mol. The minimum Gasteiger partial charge on any atom is -0.507 e. The SMILES string of the molecule is Cc1ccc(/C(O)=C2\C(=O)C(=O)N(c3ccccc3)C23C(=O)N(c2ccccc2)C2=C3C(=O)c3ccccc32)c(C)c1. The Morgan fingerprint density at radius 1 is 0.690 bits per heavy atom. The maximum Gasteiger partial charge on any atom is 0.300 e. The number of rotatable bonds is 3. The summed E-state index contributed by atoms with van der Waals surface area (Å²) in [5.74, 6) is -3.75. The van der Waals surface area contributed by atoms with Gasteiger partial charge in [-0.3, -0.25) is 29.0 Å². The van der Waals surface area contributed by atoms with Crippen molar-refractivity contribution in [2.24, 2.45) is 0 Å². The predicted octanol–water partition coefficient (Wildman–Crippen LogP) is 5.58. The number of aliphatic hydroxyl groups excluding tert-OH is 1. The quantitative estimate of drug-likeness (QED) is 0.203. The first-order chi connectivity index (χ1) is 20.3. The third-order valence-electron chi connectivity index (χ3n) is 8.21. The molecule has 1 atom stereocenters. The van der Waals surface area contributed by atoms with Crippen molar-refractivity contribution in [3.63, 3.8) is 0 Å². The van der Waals surface area contributed by atoms with Crippen LogP contribution in [-0.4, -0.2) is 34.0 Å². The molecule has 1 aliphatic carbocycles. The van der Waals surface area contributed by atoms with Crippen molar-refractivity contribution in [2.75, 3.05) is 9.80 Å². The van der Waals surface area contributed by atoms with Gasteiger partial charge in [0.15, 0.2) is 11.3 Å². The standard InChI is InChI=1S/C35H24N2O5/c1-20-17-18-24(21(2)19-20)30(38)28-32(40)33(41)37(23-13-7-4-8-14-23)35(28)27-29(25-15-9-10-16-26(25)31(27)39)36(34(35)42)22-11-5-3-6-12-22/h3-19,38H,1-2H3/b30-28-. The van der Waals surface area contributed by atoms with E-state index in [1.807, 2.05) is 13.0 Å². The van der Waals surface area contributed by atoms with Crippen molar-refractivity contribution in [3.05, 3.63) is 142 Å². The number of hydrogen-bond donors (Lipinski definition) is 1. The first-order valence-electron chi connectivity index (χ1n) is 13.5. The summed E-state index contributed by atoms with van der Waals surface area (Å²) in [5.41, 5.74) is 1.02. The molecule has 204 valence electrons. The van der Waals surface area contributed by atoms with Crippen LogP contribution in [0.4, 0.5) is 11.4 Å². The highest BCUT2D eigenvalue weighted by molar-refractivity contribution is 6.58. The molecule has 7 heteroatoms. The van der Waals surface area contributed by atoms with Gasteiger partial charge in [-0.2, -0.15) is 0 Å². The molecule has 0 aromatic heterocycles. The van der Waals surface area contributed by atoms with Crippen molar-refractivity contribution in [3.8, 4) is 0 Å². The minimum atomic E-state index is -2.25. The van der Waals surface area contributed by atoms with Gasteiger partial charge in [0.05, 0.1) is 16.8 Å². The molecule has 2 amide bonds. The third-order valence-corrected chi connectivity index (χ3v) is 8.21.